The highest BCUT2D eigenvalue weighted by Crippen LogP contribution is 2.18. The summed E-state index contributed by atoms with van der Waals surface area (Å²) >= 11 is 5.97. The van der Waals surface area contributed by atoms with Gasteiger partial charge in [0.15, 0.2) is 5.17 Å². The predicted octanol–water partition coefficient (Wildman–Crippen LogP) is 3.40. The molecule has 1 saturated heterocycles. The van der Waals surface area contributed by atoms with Gasteiger partial charge < -0.3 is 14.7 Å². The number of non-ortho nitro benzene ring substituents is 1. The van der Waals surface area contributed by atoms with Crippen LogP contribution in [0, 0.1) is 15.3 Å². The molecule has 2 rings (SSSR count). The van der Waals surface area contributed by atoms with E-state index in [1.54, 1.807) is 6.07 Å². The van der Waals surface area contributed by atoms with Crippen LogP contribution in [0.1, 0.15) is 31.2 Å². The second-order valence-corrected chi connectivity index (χ2v) is 6.02. The summed E-state index contributed by atoms with van der Waals surface area (Å²) in [5.74, 6) is 0. The van der Waals surface area contributed by atoms with E-state index in [1.807, 2.05) is 0 Å². The molecule has 0 spiro atoms. The van der Waals surface area contributed by atoms with Gasteiger partial charge in [-0.15, -0.1) is 0 Å². The van der Waals surface area contributed by atoms with Crippen LogP contribution in [0.5, 0.6) is 0 Å². The Morgan fingerprint density at radius 3 is 2.78 bits per heavy atom. The second-order valence-electron chi connectivity index (χ2n) is 5.67. The number of quaternary nitrogens is 1. The molecule has 0 bridgehead atoms. The van der Waals surface area contributed by atoms with Gasteiger partial charge in [-0.3, -0.25) is 10.1 Å². The number of piperidine rings is 1. The molecule has 1 fully saturated rings. The number of hydrogen-bond donors (Lipinski definition) is 0. The summed E-state index contributed by atoms with van der Waals surface area (Å²) in [6.45, 7) is 2.17. The van der Waals surface area contributed by atoms with Gasteiger partial charge in [-0.25, -0.2) is 0 Å². The molecule has 1 aliphatic rings. The van der Waals surface area contributed by atoms with E-state index in [-0.39, 0.29) is 15.5 Å². The van der Waals surface area contributed by atoms with Gasteiger partial charge in [-0.1, -0.05) is 28.9 Å². The lowest BCUT2D eigenvalue weighted by molar-refractivity contribution is -0.885. The Morgan fingerprint density at radius 1 is 1.35 bits per heavy atom. The lowest BCUT2D eigenvalue weighted by atomic mass is 10.1. The number of rotatable bonds is 7. The normalized spacial score (nSPS) is 17.7. The van der Waals surface area contributed by atoms with E-state index < -0.39 is 4.92 Å². The molecule has 1 heterocycles. The van der Waals surface area contributed by atoms with Crippen LogP contribution in [0.15, 0.2) is 29.4 Å². The maximum Gasteiger partial charge on any atom is 0.270 e. The van der Waals surface area contributed by atoms with Gasteiger partial charge in [-0.05, 0) is 19.3 Å². The van der Waals surface area contributed by atoms with Crippen molar-refractivity contribution in [2.75, 3.05) is 26.2 Å². The lowest BCUT2D eigenvalue weighted by Crippen LogP contribution is -2.46. The van der Waals surface area contributed by atoms with Crippen molar-refractivity contribution in [2.24, 2.45) is 5.16 Å². The molecular formula is C15H20ClN3O4. The zero-order valence-corrected chi connectivity index (χ0v) is 13.6. The van der Waals surface area contributed by atoms with Gasteiger partial charge in [0.1, 0.15) is 6.61 Å². The molecule has 8 heteroatoms. The number of nitrogens with zero attached hydrogens (tertiary/aromatic N) is 3. The molecule has 1 aromatic carbocycles. The van der Waals surface area contributed by atoms with Gasteiger partial charge in [0.2, 0.25) is 0 Å². The average Bonchev–Trinajstić information content (AvgIpc) is 2.55. The minimum Gasteiger partial charge on any atom is -0.633 e. The molecule has 0 radical (unpaired) electrons. The molecule has 0 atom stereocenters. The Bertz CT molecular complexity index is 574. The molecule has 1 aromatic rings. The average molecular weight is 342 g/mol. The maximum absolute atomic E-state index is 12.3. The maximum atomic E-state index is 12.3. The summed E-state index contributed by atoms with van der Waals surface area (Å²) in [4.78, 5) is 15.3. The number of nitro benzene ring substituents is 1. The van der Waals surface area contributed by atoms with Crippen LogP contribution >= 0.6 is 11.6 Å². The highest BCUT2D eigenvalue weighted by molar-refractivity contribution is 6.69. The number of likely N-dealkylation sites (tertiary alicyclic amines) is 1. The van der Waals surface area contributed by atoms with Crippen molar-refractivity contribution in [1.29, 1.82) is 0 Å². The fourth-order valence-corrected chi connectivity index (χ4v) is 2.80. The number of hydrogen-bond acceptors (Lipinski definition) is 5. The Kier molecular flexibility index (Phi) is 6.32. The van der Waals surface area contributed by atoms with E-state index >= 15 is 0 Å². The third kappa shape index (κ3) is 5.46. The largest absolute Gasteiger partial charge is 0.633 e. The molecule has 7 nitrogen and oxygen atoms in total. The molecule has 126 valence electrons. The van der Waals surface area contributed by atoms with Crippen LogP contribution < -0.4 is 0 Å². The zero-order valence-electron chi connectivity index (χ0n) is 12.8. The Labute approximate surface area is 139 Å². The number of halogens is 1. The number of benzene rings is 1. The quantitative estimate of drug-likeness (QED) is 0.190. The standard InChI is InChI=1S/C15H20ClN3O4/c16-15(13-6-4-7-14(12-13)18(20)21)17-23-11-5-10-19(22)8-2-1-3-9-19/h4,6-7,12H,1-3,5,8-11H2. The molecule has 0 saturated carbocycles. The van der Waals surface area contributed by atoms with Crippen LogP contribution in [0.4, 0.5) is 5.69 Å². The highest BCUT2D eigenvalue weighted by Gasteiger charge is 2.19. The van der Waals surface area contributed by atoms with Crippen molar-refractivity contribution >= 4 is 22.5 Å². The first-order valence-corrected chi connectivity index (χ1v) is 8.05. The summed E-state index contributed by atoms with van der Waals surface area (Å²) in [5, 5.41) is 26.8. The fraction of sp³-hybridized carbons (Fsp3) is 0.533. The van der Waals surface area contributed by atoms with Crippen molar-refractivity contribution in [3.63, 3.8) is 0 Å². The molecule has 0 aromatic heterocycles. The summed E-state index contributed by atoms with van der Waals surface area (Å²) in [6, 6.07) is 5.87. The van der Waals surface area contributed by atoms with E-state index in [0.717, 1.165) is 19.3 Å². The first kappa shape index (κ1) is 17.7. The van der Waals surface area contributed by atoms with E-state index in [2.05, 4.69) is 5.16 Å². The van der Waals surface area contributed by atoms with Crippen LogP contribution in [-0.4, -0.2) is 41.0 Å². The van der Waals surface area contributed by atoms with E-state index in [0.29, 0.717) is 38.2 Å². The topological polar surface area (TPSA) is 87.8 Å². The zero-order chi connectivity index (χ0) is 16.7. The summed E-state index contributed by atoms with van der Waals surface area (Å²) in [7, 11) is 0. The minimum absolute atomic E-state index is 0.0534. The summed E-state index contributed by atoms with van der Waals surface area (Å²) in [6.07, 6.45) is 3.72. The van der Waals surface area contributed by atoms with Gasteiger partial charge >= 0.3 is 0 Å². The van der Waals surface area contributed by atoms with E-state index in [9.17, 15) is 15.3 Å². The van der Waals surface area contributed by atoms with E-state index in [1.165, 1.54) is 18.2 Å². The monoisotopic (exact) mass is 341 g/mol. The molecule has 0 unspecified atom stereocenters. The third-order valence-electron chi connectivity index (χ3n) is 3.87. The van der Waals surface area contributed by atoms with Gasteiger partial charge in [-0.2, -0.15) is 0 Å². The summed E-state index contributed by atoms with van der Waals surface area (Å²) < 4.78 is -0.147. The fourth-order valence-electron chi connectivity index (χ4n) is 2.63. The minimum atomic E-state index is -0.496. The molecule has 0 N–H and O–H groups in total. The van der Waals surface area contributed by atoms with Crippen LogP contribution in [0.2, 0.25) is 0 Å². The van der Waals surface area contributed by atoms with Gasteiger partial charge in [0.25, 0.3) is 5.69 Å². The molecule has 23 heavy (non-hydrogen) atoms. The first-order valence-electron chi connectivity index (χ1n) is 7.68. The highest BCUT2D eigenvalue weighted by atomic mass is 35.5. The van der Waals surface area contributed by atoms with Crippen molar-refractivity contribution in [1.82, 2.24) is 0 Å². The second kappa shape index (κ2) is 8.24. The van der Waals surface area contributed by atoms with Gasteiger partial charge in [0.05, 0.1) is 24.6 Å². The summed E-state index contributed by atoms with van der Waals surface area (Å²) in [5.41, 5.74) is 0.364. The van der Waals surface area contributed by atoms with Gasteiger partial charge in [0, 0.05) is 24.1 Å². The molecular weight excluding hydrogens is 322 g/mol. The van der Waals surface area contributed by atoms with Crippen molar-refractivity contribution in [2.45, 2.75) is 25.7 Å². The van der Waals surface area contributed by atoms with Crippen LogP contribution in [0.3, 0.4) is 0 Å². The smallest absolute Gasteiger partial charge is 0.270 e. The predicted molar refractivity (Wildman–Crippen MR) is 88.1 cm³/mol. The first-order chi connectivity index (χ1) is 11.0. The molecule has 0 aliphatic carbocycles. The number of hydroxylamine groups is 3. The van der Waals surface area contributed by atoms with E-state index in [4.69, 9.17) is 16.4 Å². The Balaban J connectivity index is 1.78. The molecule has 1 aliphatic heterocycles. The number of oxime groups is 1. The SMILES string of the molecule is O=[N+]([O-])c1cccc(C(Cl)=NOCCC[N+]2([O-])CCCCC2)c1. The van der Waals surface area contributed by atoms with Crippen molar-refractivity contribution < 1.29 is 14.4 Å². The van der Waals surface area contributed by atoms with Crippen molar-refractivity contribution in [3.8, 4) is 0 Å². The van der Waals surface area contributed by atoms with Crippen LogP contribution in [-0.2, 0) is 4.84 Å². The number of nitro groups is 1. The Morgan fingerprint density at radius 2 is 2.09 bits per heavy atom. The lowest BCUT2D eigenvalue weighted by Gasteiger charge is -2.45. The van der Waals surface area contributed by atoms with Crippen LogP contribution in [0.25, 0.3) is 0 Å². The third-order valence-corrected chi connectivity index (χ3v) is 4.16. The molecule has 0 amide bonds. The Hall–Kier alpha value is -1.70. The van der Waals surface area contributed by atoms with Crippen molar-refractivity contribution in [3.05, 3.63) is 45.2 Å².